The van der Waals surface area contributed by atoms with E-state index in [-0.39, 0.29) is 11.9 Å². The lowest BCUT2D eigenvalue weighted by molar-refractivity contribution is -0.123. The summed E-state index contributed by atoms with van der Waals surface area (Å²) in [6.45, 7) is 1.70. The van der Waals surface area contributed by atoms with Gasteiger partial charge in [0.2, 0.25) is 5.91 Å². The highest BCUT2D eigenvalue weighted by Gasteiger charge is 2.26. The van der Waals surface area contributed by atoms with Crippen LogP contribution in [0.15, 0.2) is 79.1 Å². The maximum atomic E-state index is 13.2. The first-order valence-corrected chi connectivity index (χ1v) is 11.8. The highest BCUT2D eigenvalue weighted by Crippen LogP contribution is 2.19. The second-order valence-electron chi connectivity index (χ2n) is 8.32. The van der Waals surface area contributed by atoms with Gasteiger partial charge in [0.15, 0.2) is 0 Å². The second-order valence-corrected chi connectivity index (χ2v) is 8.76. The van der Waals surface area contributed by atoms with Crippen LogP contribution in [0.5, 0.6) is 0 Å². The lowest BCUT2D eigenvalue weighted by Crippen LogP contribution is -2.53. The van der Waals surface area contributed by atoms with Crippen LogP contribution in [0.1, 0.15) is 18.4 Å². The minimum Gasteiger partial charge on any atom is -0.371 e. The molecule has 176 valence electrons. The fourth-order valence-corrected chi connectivity index (χ4v) is 4.18. The molecule has 0 saturated carbocycles. The summed E-state index contributed by atoms with van der Waals surface area (Å²) in [5, 5.41) is 9.34. The van der Waals surface area contributed by atoms with Gasteiger partial charge >= 0.3 is 6.03 Å². The number of hydrogen-bond acceptors (Lipinski definition) is 4. The SMILES string of the molecule is O=C(Nc1ccc(Cl)cc1)N[C@H](Cc1ccccc1)C(=O)NC1CCN(c2ccncc2)CC1. The largest absolute Gasteiger partial charge is 0.371 e. The molecule has 3 amide bonds. The van der Waals surface area contributed by atoms with Crippen molar-refractivity contribution < 1.29 is 9.59 Å². The summed E-state index contributed by atoms with van der Waals surface area (Å²) in [5.74, 6) is -0.183. The van der Waals surface area contributed by atoms with Gasteiger partial charge in [0.1, 0.15) is 6.04 Å². The molecule has 4 rings (SSSR count). The second kappa shape index (κ2) is 11.5. The monoisotopic (exact) mass is 477 g/mol. The van der Waals surface area contributed by atoms with Crippen LogP contribution < -0.4 is 20.9 Å². The van der Waals surface area contributed by atoms with Gasteiger partial charge in [-0.1, -0.05) is 41.9 Å². The van der Waals surface area contributed by atoms with Gasteiger partial charge in [-0.05, 0) is 54.8 Å². The number of aromatic nitrogens is 1. The third kappa shape index (κ3) is 6.71. The minimum absolute atomic E-state index is 0.0602. The van der Waals surface area contributed by atoms with Gasteiger partial charge in [-0.3, -0.25) is 9.78 Å². The van der Waals surface area contributed by atoms with Gasteiger partial charge in [0.05, 0.1) is 0 Å². The predicted octanol–water partition coefficient (Wildman–Crippen LogP) is 4.25. The maximum Gasteiger partial charge on any atom is 0.319 e. The van der Waals surface area contributed by atoms with Crippen molar-refractivity contribution in [2.45, 2.75) is 31.3 Å². The van der Waals surface area contributed by atoms with Crippen LogP contribution in [0.4, 0.5) is 16.2 Å². The molecule has 3 aromatic rings. The van der Waals surface area contributed by atoms with E-state index in [1.165, 1.54) is 0 Å². The molecule has 34 heavy (non-hydrogen) atoms. The molecule has 0 bridgehead atoms. The van der Waals surface area contributed by atoms with E-state index in [1.807, 2.05) is 42.5 Å². The van der Waals surface area contributed by atoms with E-state index in [0.29, 0.717) is 17.1 Å². The molecule has 7 nitrogen and oxygen atoms in total. The first-order valence-electron chi connectivity index (χ1n) is 11.4. The molecule has 1 saturated heterocycles. The third-order valence-electron chi connectivity index (χ3n) is 5.88. The van der Waals surface area contributed by atoms with Gasteiger partial charge in [-0.25, -0.2) is 4.79 Å². The molecular formula is C26H28ClN5O2. The number of pyridine rings is 1. The van der Waals surface area contributed by atoms with Crippen molar-refractivity contribution in [3.8, 4) is 0 Å². The molecule has 1 aliphatic heterocycles. The zero-order chi connectivity index (χ0) is 23.8. The molecule has 1 aliphatic rings. The van der Waals surface area contributed by atoms with Crippen LogP contribution in [-0.4, -0.2) is 42.1 Å². The van der Waals surface area contributed by atoms with Crippen LogP contribution in [0, 0.1) is 0 Å². The fraction of sp³-hybridized carbons (Fsp3) is 0.269. The topological polar surface area (TPSA) is 86.4 Å². The molecule has 2 heterocycles. The Balaban J connectivity index is 1.36. The van der Waals surface area contributed by atoms with E-state index >= 15 is 0 Å². The quantitative estimate of drug-likeness (QED) is 0.474. The van der Waals surface area contributed by atoms with Crippen molar-refractivity contribution in [3.63, 3.8) is 0 Å². The number of carbonyl (C=O) groups is 2. The number of benzene rings is 2. The van der Waals surface area contributed by atoms with Crippen molar-refractivity contribution in [2.75, 3.05) is 23.3 Å². The van der Waals surface area contributed by atoms with Crippen molar-refractivity contribution in [1.82, 2.24) is 15.6 Å². The van der Waals surface area contributed by atoms with E-state index < -0.39 is 12.1 Å². The molecule has 0 unspecified atom stereocenters. The van der Waals surface area contributed by atoms with Crippen molar-refractivity contribution in [3.05, 3.63) is 89.7 Å². The maximum absolute atomic E-state index is 13.2. The van der Waals surface area contributed by atoms with Crippen molar-refractivity contribution in [2.24, 2.45) is 0 Å². The van der Waals surface area contributed by atoms with E-state index in [0.717, 1.165) is 37.2 Å². The number of amides is 3. The molecule has 0 aliphatic carbocycles. The molecule has 2 aromatic carbocycles. The van der Waals surface area contributed by atoms with E-state index in [1.54, 1.807) is 36.7 Å². The summed E-state index contributed by atoms with van der Waals surface area (Å²) < 4.78 is 0. The first-order chi connectivity index (χ1) is 16.6. The molecule has 1 atom stereocenters. The Kier molecular flexibility index (Phi) is 7.99. The first kappa shape index (κ1) is 23.6. The predicted molar refractivity (Wildman–Crippen MR) is 135 cm³/mol. The summed E-state index contributed by atoms with van der Waals surface area (Å²) in [6, 6.07) is 19.4. The average Bonchev–Trinajstić information content (AvgIpc) is 2.87. The molecule has 0 spiro atoms. The number of urea groups is 1. The Morgan fingerprint density at radius 1 is 0.971 bits per heavy atom. The number of nitrogens with one attached hydrogen (secondary N) is 3. The van der Waals surface area contributed by atoms with Crippen LogP contribution in [-0.2, 0) is 11.2 Å². The Bertz CT molecular complexity index is 1070. The summed E-state index contributed by atoms with van der Waals surface area (Å²) in [5.41, 5.74) is 2.72. The summed E-state index contributed by atoms with van der Waals surface area (Å²) in [6.07, 6.45) is 5.65. The van der Waals surface area contributed by atoms with Gasteiger partial charge in [0, 0.05) is 54.3 Å². The van der Waals surface area contributed by atoms with Gasteiger partial charge in [-0.15, -0.1) is 0 Å². The fourth-order valence-electron chi connectivity index (χ4n) is 4.06. The Hall–Kier alpha value is -3.58. The summed E-state index contributed by atoms with van der Waals surface area (Å²) >= 11 is 5.91. The number of rotatable bonds is 7. The lowest BCUT2D eigenvalue weighted by atomic mass is 10.0. The van der Waals surface area contributed by atoms with E-state index in [2.05, 4.69) is 25.8 Å². The van der Waals surface area contributed by atoms with E-state index in [9.17, 15) is 9.59 Å². The van der Waals surface area contributed by atoms with Crippen LogP contribution in [0.3, 0.4) is 0 Å². The average molecular weight is 478 g/mol. The third-order valence-corrected chi connectivity index (χ3v) is 6.13. The number of piperidine rings is 1. The normalized spacial score (nSPS) is 14.8. The zero-order valence-corrected chi connectivity index (χ0v) is 19.5. The van der Waals surface area contributed by atoms with Gasteiger partial charge < -0.3 is 20.9 Å². The highest BCUT2D eigenvalue weighted by molar-refractivity contribution is 6.30. The van der Waals surface area contributed by atoms with Crippen LogP contribution in [0.2, 0.25) is 5.02 Å². The Morgan fingerprint density at radius 2 is 1.65 bits per heavy atom. The Morgan fingerprint density at radius 3 is 2.32 bits per heavy atom. The molecule has 8 heteroatoms. The molecule has 1 fully saturated rings. The Labute approximate surface area is 204 Å². The summed E-state index contributed by atoms with van der Waals surface area (Å²) in [7, 11) is 0. The minimum atomic E-state index is -0.701. The van der Waals surface area contributed by atoms with E-state index in [4.69, 9.17) is 11.6 Å². The lowest BCUT2D eigenvalue weighted by Gasteiger charge is -2.34. The number of anilines is 2. The van der Waals surface area contributed by atoms with Crippen LogP contribution >= 0.6 is 11.6 Å². The van der Waals surface area contributed by atoms with Gasteiger partial charge in [0.25, 0.3) is 0 Å². The summed E-state index contributed by atoms with van der Waals surface area (Å²) in [4.78, 5) is 32.2. The van der Waals surface area contributed by atoms with Crippen molar-refractivity contribution >= 4 is 34.9 Å². The number of carbonyl (C=O) groups excluding carboxylic acids is 2. The van der Waals surface area contributed by atoms with Gasteiger partial charge in [-0.2, -0.15) is 0 Å². The molecular weight excluding hydrogens is 450 g/mol. The number of nitrogens with zero attached hydrogens (tertiary/aromatic N) is 2. The molecule has 1 aromatic heterocycles. The number of halogens is 1. The zero-order valence-electron chi connectivity index (χ0n) is 18.8. The molecule has 3 N–H and O–H groups in total. The van der Waals surface area contributed by atoms with Crippen molar-refractivity contribution in [1.29, 1.82) is 0 Å². The number of hydrogen-bond donors (Lipinski definition) is 3. The molecule has 0 radical (unpaired) electrons. The smallest absolute Gasteiger partial charge is 0.319 e. The standard InChI is InChI=1S/C26H28ClN5O2/c27-20-6-8-21(9-7-20)30-26(34)31-24(18-19-4-2-1-3-5-19)25(33)29-22-12-16-32(17-13-22)23-10-14-28-15-11-23/h1-11,14-15,22,24H,12-13,16-18H2,(H,29,33)(H2,30,31,34)/t24-/m1/s1. The highest BCUT2D eigenvalue weighted by atomic mass is 35.5. The van der Waals surface area contributed by atoms with Crippen LogP contribution in [0.25, 0.3) is 0 Å².